The molecule has 1 unspecified atom stereocenters. The van der Waals surface area contributed by atoms with Crippen LogP contribution in [0.1, 0.15) is 31.9 Å². The predicted molar refractivity (Wildman–Crippen MR) is 95.2 cm³/mol. The Bertz CT molecular complexity index is 659. The Morgan fingerprint density at radius 1 is 0.920 bits per heavy atom. The van der Waals surface area contributed by atoms with E-state index in [1.165, 1.54) is 14.2 Å². The van der Waals surface area contributed by atoms with E-state index in [4.69, 9.17) is 18.9 Å². The molecule has 2 rings (SSSR count). The van der Waals surface area contributed by atoms with Crippen molar-refractivity contribution >= 4 is 5.97 Å². The summed E-state index contributed by atoms with van der Waals surface area (Å²) in [6.07, 6.45) is -0.308. The van der Waals surface area contributed by atoms with Gasteiger partial charge in [-0.25, -0.2) is 0 Å². The molecule has 0 bridgehead atoms. The molecule has 0 aliphatic heterocycles. The molecule has 0 aromatic heterocycles. The number of benzene rings is 2. The van der Waals surface area contributed by atoms with E-state index >= 15 is 0 Å². The lowest BCUT2D eigenvalue weighted by molar-refractivity contribution is -0.138. The van der Waals surface area contributed by atoms with Crippen LogP contribution >= 0.6 is 0 Å². The fraction of sp³-hybridized carbons (Fsp3) is 0.350. The van der Waals surface area contributed by atoms with Gasteiger partial charge in [-0.3, -0.25) is 4.79 Å². The molecule has 0 aliphatic rings. The highest BCUT2D eigenvalue weighted by Gasteiger charge is 2.22. The largest absolute Gasteiger partial charge is 0.493 e. The summed E-state index contributed by atoms with van der Waals surface area (Å²) >= 11 is 0. The first-order valence-corrected chi connectivity index (χ1v) is 8.17. The average molecular weight is 344 g/mol. The number of para-hydroxylation sites is 1. The summed E-state index contributed by atoms with van der Waals surface area (Å²) in [5.74, 6) is 0.730. The van der Waals surface area contributed by atoms with E-state index in [0.717, 1.165) is 5.56 Å². The number of esters is 1. The molecule has 5 heteroatoms. The highest BCUT2D eigenvalue weighted by atomic mass is 16.6. The summed E-state index contributed by atoms with van der Waals surface area (Å²) in [7, 11) is 3.03. The van der Waals surface area contributed by atoms with Crippen molar-refractivity contribution in [1.29, 1.82) is 0 Å². The smallest absolute Gasteiger partial charge is 0.314 e. The van der Waals surface area contributed by atoms with Crippen LogP contribution in [0.2, 0.25) is 0 Å². The van der Waals surface area contributed by atoms with Crippen molar-refractivity contribution < 1.29 is 23.7 Å². The molecular weight excluding hydrogens is 320 g/mol. The summed E-state index contributed by atoms with van der Waals surface area (Å²) in [5.41, 5.74) is 0.931. The normalized spacial score (nSPS) is 11.9. The maximum atomic E-state index is 12.5. The second-order valence-electron chi connectivity index (χ2n) is 5.75. The van der Waals surface area contributed by atoms with Crippen LogP contribution in [0.3, 0.4) is 0 Å². The molecule has 0 radical (unpaired) electrons. The number of methoxy groups -OCH3 is 2. The van der Waals surface area contributed by atoms with Crippen molar-refractivity contribution in [1.82, 2.24) is 0 Å². The van der Waals surface area contributed by atoms with Gasteiger partial charge < -0.3 is 18.9 Å². The van der Waals surface area contributed by atoms with Gasteiger partial charge in [-0.1, -0.05) is 36.4 Å². The highest BCUT2D eigenvalue weighted by Crippen LogP contribution is 2.37. The average Bonchev–Trinajstić information content (AvgIpc) is 2.61. The third-order valence-electron chi connectivity index (χ3n) is 3.56. The standard InChI is InChI=1S/C20H24O5/c1-14(2)24-18(15-9-6-5-7-10-15)13-19(21)25-20-16(22-3)11-8-12-17(20)23-4/h5-12,14,18H,13H2,1-4H3. The van der Waals surface area contributed by atoms with E-state index in [-0.39, 0.29) is 24.4 Å². The number of carbonyl (C=O) groups excluding carboxylic acids is 1. The molecule has 2 aromatic carbocycles. The van der Waals surface area contributed by atoms with Crippen LogP contribution in [0.5, 0.6) is 17.2 Å². The summed E-state index contributed by atoms with van der Waals surface area (Å²) in [6, 6.07) is 14.8. The molecule has 0 fully saturated rings. The first kappa shape index (κ1) is 18.8. The third-order valence-corrected chi connectivity index (χ3v) is 3.56. The minimum Gasteiger partial charge on any atom is -0.493 e. The van der Waals surface area contributed by atoms with Crippen molar-refractivity contribution in [3.8, 4) is 17.2 Å². The van der Waals surface area contributed by atoms with Gasteiger partial charge >= 0.3 is 5.97 Å². The van der Waals surface area contributed by atoms with E-state index in [9.17, 15) is 4.79 Å². The number of carbonyl (C=O) groups is 1. The number of hydrogen-bond acceptors (Lipinski definition) is 5. The van der Waals surface area contributed by atoms with Gasteiger partial charge in [0.05, 0.1) is 32.8 Å². The van der Waals surface area contributed by atoms with Crippen LogP contribution in [0.25, 0.3) is 0 Å². The van der Waals surface area contributed by atoms with E-state index in [1.54, 1.807) is 18.2 Å². The zero-order valence-electron chi connectivity index (χ0n) is 15.0. The fourth-order valence-electron chi connectivity index (χ4n) is 2.47. The lowest BCUT2D eigenvalue weighted by atomic mass is 10.1. The Morgan fingerprint density at radius 3 is 2.04 bits per heavy atom. The summed E-state index contributed by atoms with van der Waals surface area (Å²) in [6.45, 7) is 3.87. The lowest BCUT2D eigenvalue weighted by Crippen LogP contribution is -2.18. The molecule has 0 saturated carbocycles. The van der Waals surface area contributed by atoms with Gasteiger partial charge in [-0.15, -0.1) is 0 Å². The molecule has 0 aliphatic carbocycles. The topological polar surface area (TPSA) is 54.0 Å². The van der Waals surface area contributed by atoms with Crippen LogP contribution in [0.15, 0.2) is 48.5 Å². The molecular formula is C20H24O5. The van der Waals surface area contributed by atoms with E-state index < -0.39 is 5.97 Å². The van der Waals surface area contributed by atoms with Crippen molar-refractivity contribution in [2.24, 2.45) is 0 Å². The molecule has 0 heterocycles. The van der Waals surface area contributed by atoms with E-state index in [2.05, 4.69) is 0 Å². The van der Waals surface area contributed by atoms with Crippen molar-refractivity contribution in [3.63, 3.8) is 0 Å². The molecule has 1 atom stereocenters. The van der Waals surface area contributed by atoms with Gasteiger partial charge in [0, 0.05) is 0 Å². The van der Waals surface area contributed by atoms with Crippen LogP contribution in [0, 0.1) is 0 Å². The second kappa shape index (κ2) is 9.08. The van der Waals surface area contributed by atoms with Crippen molar-refractivity contribution in [3.05, 3.63) is 54.1 Å². The zero-order valence-corrected chi connectivity index (χ0v) is 15.0. The molecule has 0 saturated heterocycles. The maximum Gasteiger partial charge on any atom is 0.314 e. The number of ether oxygens (including phenoxy) is 4. The van der Waals surface area contributed by atoms with Crippen LogP contribution in [-0.2, 0) is 9.53 Å². The van der Waals surface area contributed by atoms with Gasteiger partial charge in [0.2, 0.25) is 5.75 Å². The van der Waals surface area contributed by atoms with Gasteiger partial charge in [0.25, 0.3) is 0 Å². The molecule has 5 nitrogen and oxygen atoms in total. The molecule has 134 valence electrons. The van der Waals surface area contributed by atoms with Crippen molar-refractivity contribution in [2.45, 2.75) is 32.5 Å². The maximum absolute atomic E-state index is 12.5. The third kappa shape index (κ3) is 5.22. The minimum absolute atomic E-state index is 0.0150. The summed E-state index contributed by atoms with van der Waals surface area (Å²) < 4.78 is 21.9. The first-order valence-electron chi connectivity index (χ1n) is 8.17. The first-order chi connectivity index (χ1) is 12.0. The molecule has 0 spiro atoms. The zero-order chi connectivity index (χ0) is 18.2. The quantitative estimate of drug-likeness (QED) is 0.531. The van der Waals surface area contributed by atoms with E-state index in [0.29, 0.717) is 11.5 Å². The number of hydrogen-bond donors (Lipinski definition) is 0. The predicted octanol–water partition coefficient (Wildman–Crippen LogP) is 4.17. The van der Waals surface area contributed by atoms with E-state index in [1.807, 2.05) is 44.2 Å². The van der Waals surface area contributed by atoms with Gasteiger partial charge in [0.15, 0.2) is 11.5 Å². The van der Waals surface area contributed by atoms with Crippen molar-refractivity contribution in [2.75, 3.05) is 14.2 Å². The summed E-state index contributed by atoms with van der Waals surface area (Å²) in [4.78, 5) is 12.5. The Hall–Kier alpha value is -2.53. The second-order valence-corrected chi connectivity index (χ2v) is 5.75. The number of rotatable bonds is 8. The highest BCUT2D eigenvalue weighted by molar-refractivity contribution is 5.75. The Labute approximate surface area is 148 Å². The Kier molecular flexibility index (Phi) is 6.83. The van der Waals surface area contributed by atoms with Crippen LogP contribution < -0.4 is 14.2 Å². The van der Waals surface area contributed by atoms with Gasteiger partial charge in [0.1, 0.15) is 0 Å². The monoisotopic (exact) mass is 344 g/mol. The van der Waals surface area contributed by atoms with Crippen LogP contribution in [-0.4, -0.2) is 26.3 Å². The van der Waals surface area contributed by atoms with Gasteiger partial charge in [-0.2, -0.15) is 0 Å². The molecule has 0 N–H and O–H groups in total. The fourth-order valence-corrected chi connectivity index (χ4v) is 2.47. The molecule has 25 heavy (non-hydrogen) atoms. The Morgan fingerprint density at radius 2 is 1.52 bits per heavy atom. The molecule has 2 aromatic rings. The SMILES string of the molecule is COc1cccc(OC)c1OC(=O)CC(OC(C)C)c1ccccc1. The minimum atomic E-state index is -0.419. The summed E-state index contributed by atoms with van der Waals surface area (Å²) in [5, 5.41) is 0. The van der Waals surface area contributed by atoms with Crippen LogP contribution in [0.4, 0.5) is 0 Å². The lowest BCUT2D eigenvalue weighted by Gasteiger charge is -2.20. The van der Waals surface area contributed by atoms with Gasteiger partial charge in [-0.05, 0) is 31.5 Å². The Balaban J connectivity index is 2.17. The molecule has 0 amide bonds.